The van der Waals surface area contributed by atoms with Gasteiger partial charge in [-0.3, -0.25) is 14.5 Å². The molecule has 2 N–H and O–H groups in total. The first kappa shape index (κ1) is 23.6. The largest absolute Gasteiger partial charge is 0.379 e. The lowest BCUT2D eigenvalue weighted by Crippen LogP contribution is -2.52. The number of aliphatic imine (C=N–C) groups is 1. The highest BCUT2D eigenvalue weighted by Gasteiger charge is 2.23. The van der Waals surface area contributed by atoms with Gasteiger partial charge in [-0.15, -0.1) is 34.2 Å². The Balaban J connectivity index is 0.00000300. The van der Waals surface area contributed by atoms with Gasteiger partial charge in [0.25, 0.3) is 0 Å². The number of nitrogens with one attached hydrogen (secondary N) is 2. The summed E-state index contributed by atoms with van der Waals surface area (Å²) in [6, 6.07) is 10.5. The lowest BCUT2D eigenvalue weighted by atomic mass is 10.0. The van der Waals surface area contributed by atoms with Crippen molar-refractivity contribution in [2.24, 2.45) is 10.9 Å². The fraction of sp³-hybridized carbons (Fsp3) is 0.550. The number of hydrogen-bond acceptors (Lipinski definition) is 5. The minimum atomic E-state index is 0. The van der Waals surface area contributed by atoms with E-state index in [2.05, 4.69) is 44.6 Å². The minimum Gasteiger partial charge on any atom is -0.379 e. The SMILES string of the molecule is CN=C(NCc1nncn1-c1ccccc1)NCC(C(C)C)N1CCOCC1.I. The predicted molar refractivity (Wildman–Crippen MR) is 126 cm³/mol. The van der Waals surface area contributed by atoms with Crippen molar-refractivity contribution < 1.29 is 4.74 Å². The van der Waals surface area contributed by atoms with Gasteiger partial charge in [0, 0.05) is 38.4 Å². The zero-order chi connectivity index (χ0) is 19.8. The van der Waals surface area contributed by atoms with Crippen molar-refractivity contribution >= 4 is 29.9 Å². The van der Waals surface area contributed by atoms with Gasteiger partial charge < -0.3 is 15.4 Å². The van der Waals surface area contributed by atoms with E-state index in [9.17, 15) is 0 Å². The molecule has 0 bridgehead atoms. The van der Waals surface area contributed by atoms with Crippen molar-refractivity contribution in [3.05, 3.63) is 42.5 Å². The van der Waals surface area contributed by atoms with Gasteiger partial charge in [0.15, 0.2) is 11.8 Å². The Hall–Kier alpha value is -1.72. The molecule has 1 saturated heterocycles. The van der Waals surface area contributed by atoms with E-state index >= 15 is 0 Å². The van der Waals surface area contributed by atoms with Crippen LogP contribution in [0, 0.1) is 5.92 Å². The van der Waals surface area contributed by atoms with Crippen LogP contribution in [0.3, 0.4) is 0 Å². The van der Waals surface area contributed by atoms with Crippen LogP contribution in [0.1, 0.15) is 19.7 Å². The Labute approximate surface area is 190 Å². The molecule has 1 aromatic carbocycles. The molecule has 9 heteroatoms. The summed E-state index contributed by atoms with van der Waals surface area (Å²) in [5.41, 5.74) is 1.04. The third-order valence-electron chi connectivity index (χ3n) is 5.05. The molecule has 3 rings (SSSR count). The first-order chi connectivity index (χ1) is 13.7. The van der Waals surface area contributed by atoms with Crippen molar-refractivity contribution in [1.82, 2.24) is 30.3 Å². The lowest BCUT2D eigenvalue weighted by Gasteiger charge is -2.37. The van der Waals surface area contributed by atoms with E-state index < -0.39 is 0 Å². The Kier molecular flexibility index (Phi) is 9.82. The normalized spacial score (nSPS) is 16.3. The van der Waals surface area contributed by atoms with Crippen LogP contribution < -0.4 is 10.6 Å². The molecular formula is C20H32IN7O. The molecule has 1 fully saturated rings. The van der Waals surface area contributed by atoms with Gasteiger partial charge in [0.05, 0.1) is 19.8 Å². The molecule has 0 amide bonds. The molecule has 2 aromatic rings. The van der Waals surface area contributed by atoms with E-state index in [-0.39, 0.29) is 24.0 Å². The summed E-state index contributed by atoms with van der Waals surface area (Å²) in [5, 5.41) is 15.1. The number of ether oxygens (including phenoxy) is 1. The standard InChI is InChI=1S/C20H31N7O.HI/c1-16(2)18(26-9-11-28-12-10-26)13-22-20(21-3)23-14-19-25-24-15-27(19)17-7-5-4-6-8-17;/h4-8,15-16,18H,9-14H2,1-3H3,(H2,21,22,23);1H. The summed E-state index contributed by atoms with van der Waals surface area (Å²) in [4.78, 5) is 6.86. The highest BCUT2D eigenvalue weighted by Crippen LogP contribution is 2.12. The quantitative estimate of drug-likeness (QED) is 0.335. The van der Waals surface area contributed by atoms with Gasteiger partial charge in [-0.05, 0) is 18.1 Å². The molecule has 2 heterocycles. The average molecular weight is 513 g/mol. The molecule has 0 spiro atoms. The summed E-state index contributed by atoms with van der Waals surface area (Å²) in [5.74, 6) is 2.15. The second-order valence-electron chi connectivity index (χ2n) is 7.22. The fourth-order valence-corrected chi connectivity index (χ4v) is 3.46. The van der Waals surface area contributed by atoms with E-state index in [1.165, 1.54) is 0 Å². The van der Waals surface area contributed by atoms with Crippen molar-refractivity contribution in [3.63, 3.8) is 0 Å². The smallest absolute Gasteiger partial charge is 0.191 e. The summed E-state index contributed by atoms with van der Waals surface area (Å²) in [6.07, 6.45) is 1.73. The Morgan fingerprint density at radius 1 is 1.17 bits per heavy atom. The number of rotatable bonds is 7. The van der Waals surface area contributed by atoms with Crippen LogP contribution in [0.2, 0.25) is 0 Å². The number of para-hydroxylation sites is 1. The molecular weight excluding hydrogens is 481 g/mol. The van der Waals surface area contributed by atoms with Gasteiger partial charge >= 0.3 is 0 Å². The van der Waals surface area contributed by atoms with Crippen LogP contribution in [0.15, 0.2) is 41.7 Å². The first-order valence-electron chi connectivity index (χ1n) is 9.89. The van der Waals surface area contributed by atoms with E-state index in [1.807, 2.05) is 34.9 Å². The Bertz CT molecular complexity index is 744. The minimum absolute atomic E-state index is 0. The maximum absolute atomic E-state index is 5.49. The Morgan fingerprint density at radius 2 is 1.90 bits per heavy atom. The van der Waals surface area contributed by atoms with Crippen LogP contribution in [0.4, 0.5) is 0 Å². The third-order valence-corrected chi connectivity index (χ3v) is 5.05. The summed E-state index contributed by atoms with van der Waals surface area (Å²) in [6.45, 7) is 9.49. The zero-order valence-corrected chi connectivity index (χ0v) is 19.7. The summed E-state index contributed by atoms with van der Waals surface area (Å²) in [7, 11) is 1.79. The van der Waals surface area contributed by atoms with Gasteiger partial charge in [-0.2, -0.15) is 0 Å². The van der Waals surface area contributed by atoms with Gasteiger partial charge in [0.1, 0.15) is 6.33 Å². The number of morpholine rings is 1. The highest BCUT2D eigenvalue weighted by molar-refractivity contribution is 14.0. The molecule has 1 aromatic heterocycles. The zero-order valence-electron chi connectivity index (χ0n) is 17.4. The van der Waals surface area contributed by atoms with Gasteiger partial charge in [-0.1, -0.05) is 32.0 Å². The average Bonchev–Trinajstić information content (AvgIpc) is 3.20. The molecule has 1 aliphatic rings. The molecule has 0 aliphatic carbocycles. The van der Waals surface area contributed by atoms with Crippen LogP contribution in [-0.2, 0) is 11.3 Å². The third kappa shape index (κ3) is 6.65. The topological polar surface area (TPSA) is 79.6 Å². The van der Waals surface area contributed by atoms with Crippen molar-refractivity contribution in [3.8, 4) is 5.69 Å². The predicted octanol–water partition coefficient (Wildman–Crippen LogP) is 1.91. The lowest BCUT2D eigenvalue weighted by molar-refractivity contribution is 0.00752. The second-order valence-corrected chi connectivity index (χ2v) is 7.22. The van der Waals surface area contributed by atoms with E-state index in [1.54, 1.807) is 13.4 Å². The molecule has 1 unspecified atom stereocenters. The first-order valence-corrected chi connectivity index (χ1v) is 9.89. The Morgan fingerprint density at radius 3 is 2.55 bits per heavy atom. The molecule has 1 atom stereocenters. The van der Waals surface area contributed by atoms with E-state index in [0.29, 0.717) is 18.5 Å². The van der Waals surface area contributed by atoms with Crippen molar-refractivity contribution in [2.45, 2.75) is 26.4 Å². The molecule has 29 heavy (non-hydrogen) atoms. The fourth-order valence-electron chi connectivity index (χ4n) is 3.46. The monoisotopic (exact) mass is 513 g/mol. The van der Waals surface area contributed by atoms with Crippen molar-refractivity contribution in [2.75, 3.05) is 39.9 Å². The van der Waals surface area contributed by atoms with Crippen molar-refractivity contribution in [1.29, 1.82) is 0 Å². The number of aromatic nitrogens is 3. The molecule has 0 radical (unpaired) electrons. The number of nitrogens with zero attached hydrogens (tertiary/aromatic N) is 5. The molecule has 160 valence electrons. The summed E-state index contributed by atoms with van der Waals surface area (Å²) >= 11 is 0. The maximum atomic E-state index is 5.49. The number of halogens is 1. The van der Waals surface area contributed by atoms with Gasteiger partial charge in [0.2, 0.25) is 0 Å². The van der Waals surface area contributed by atoms with Crippen LogP contribution in [-0.4, -0.2) is 71.6 Å². The van der Waals surface area contributed by atoms with E-state index in [0.717, 1.165) is 50.3 Å². The maximum Gasteiger partial charge on any atom is 0.191 e. The van der Waals surface area contributed by atoms with Crippen LogP contribution in [0.25, 0.3) is 5.69 Å². The van der Waals surface area contributed by atoms with Crippen LogP contribution >= 0.6 is 24.0 Å². The summed E-state index contributed by atoms with van der Waals surface area (Å²) < 4.78 is 7.47. The van der Waals surface area contributed by atoms with Crippen LogP contribution in [0.5, 0.6) is 0 Å². The highest BCUT2D eigenvalue weighted by atomic mass is 127. The van der Waals surface area contributed by atoms with E-state index in [4.69, 9.17) is 4.74 Å². The number of benzene rings is 1. The second kappa shape index (κ2) is 12.1. The number of guanidine groups is 1. The molecule has 0 saturated carbocycles. The molecule has 1 aliphatic heterocycles. The number of hydrogen-bond donors (Lipinski definition) is 2. The molecule has 8 nitrogen and oxygen atoms in total. The van der Waals surface area contributed by atoms with Gasteiger partial charge in [-0.25, -0.2) is 0 Å².